The molecule has 0 aliphatic carbocycles. The van der Waals surface area contributed by atoms with Crippen molar-refractivity contribution < 1.29 is 31.6 Å². The van der Waals surface area contributed by atoms with E-state index in [9.17, 15) is 36.8 Å². The zero-order chi connectivity index (χ0) is 25.3. The summed E-state index contributed by atoms with van der Waals surface area (Å²) in [7, 11) is -4.93. The van der Waals surface area contributed by atoms with E-state index in [1.54, 1.807) is 0 Å². The van der Waals surface area contributed by atoms with Gasteiger partial charge < -0.3 is 5.11 Å². The highest BCUT2D eigenvalue weighted by Crippen LogP contribution is 2.39. The van der Waals surface area contributed by atoms with Gasteiger partial charge >= 0.3 is 11.9 Å². The average molecular weight is 540 g/mol. The Hall–Kier alpha value is -2.78. The van der Waals surface area contributed by atoms with Crippen molar-refractivity contribution in [3.05, 3.63) is 80.3 Å². The van der Waals surface area contributed by atoms with Gasteiger partial charge in [0.05, 0.1) is 11.5 Å². The third-order valence-electron chi connectivity index (χ3n) is 4.65. The quantitative estimate of drug-likeness (QED) is 0.330. The van der Waals surface area contributed by atoms with Gasteiger partial charge in [0.1, 0.15) is 23.8 Å². The average Bonchev–Trinajstić information content (AvgIpc) is 3.24. The molecule has 1 unspecified atom stereocenters. The number of para-hydroxylation sites is 1. The van der Waals surface area contributed by atoms with Crippen LogP contribution < -0.4 is 4.72 Å². The molecule has 0 amide bonds. The van der Waals surface area contributed by atoms with E-state index in [4.69, 9.17) is 23.2 Å². The molecule has 0 aliphatic rings. The van der Waals surface area contributed by atoms with Gasteiger partial charge in [-0.15, -0.1) is 0 Å². The van der Waals surface area contributed by atoms with Crippen LogP contribution in [0.5, 0.6) is 0 Å². The Labute approximate surface area is 200 Å². The van der Waals surface area contributed by atoms with E-state index in [0.717, 1.165) is 17.1 Å². The summed E-state index contributed by atoms with van der Waals surface area (Å²) < 4.78 is 68.6. The standard InChI is InChI=1S/C18H14Cl2F3N5O5S/c19-11-4-5-12(14(20)6-11)17(29,8-27-10-24-9-25-27)7-26-34(32,33)15-3-1-2-13(18(21,22)23)16(15)28(30)31/h1-6,9-10,26,29H,7-8H2. The summed E-state index contributed by atoms with van der Waals surface area (Å²) in [4.78, 5) is 12.4. The third-order valence-corrected chi connectivity index (χ3v) is 6.63. The van der Waals surface area contributed by atoms with Gasteiger partial charge in [0, 0.05) is 22.2 Å². The largest absolute Gasteiger partial charge is 0.423 e. The van der Waals surface area contributed by atoms with E-state index in [-0.39, 0.29) is 22.2 Å². The fourth-order valence-corrected chi connectivity index (χ4v) is 5.00. The molecule has 0 radical (unpaired) electrons. The number of hydrogen-bond acceptors (Lipinski definition) is 7. The highest BCUT2D eigenvalue weighted by atomic mass is 35.5. The molecule has 2 aromatic carbocycles. The van der Waals surface area contributed by atoms with Gasteiger partial charge in [0.25, 0.3) is 0 Å². The monoisotopic (exact) mass is 539 g/mol. The van der Waals surface area contributed by atoms with Gasteiger partial charge in [-0.05, 0) is 24.3 Å². The molecule has 182 valence electrons. The van der Waals surface area contributed by atoms with Crippen LogP contribution in [0.3, 0.4) is 0 Å². The van der Waals surface area contributed by atoms with Gasteiger partial charge in [-0.2, -0.15) is 18.3 Å². The molecule has 1 atom stereocenters. The molecule has 1 heterocycles. The number of nitrogens with zero attached hydrogens (tertiary/aromatic N) is 4. The number of benzene rings is 2. The number of nitrogens with one attached hydrogen (secondary N) is 1. The predicted molar refractivity (Wildman–Crippen MR) is 114 cm³/mol. The molecule has 0 aliphatic heterocycles. The zero-order valence-corrected chi connectivity index (χ0v) is 19.0. The molecule has 16 heteroatoms. The van der Waals surface area contributed by atoms with Crippen molar-refractivity contribution in [3.8, 4) is 0 Å². The molecule has 0 saturated heterocycles. The lowest BCUT2D eigenvalue weighted by Crippen LogP contribution is -2.44. The van der Waals surface area contributed by atoms with Crippen LogP contribution in [-0.2, 0) is 28.3 Å². The Balaban J connectivity index is 2.04. The molecule has 3 aromatic rings. The maximum absolute atomic E-state index is 13.3. The second kappa shape index (κ2) is 9.46. The number of hydrogen-bond donors (Lipinski definition) is 2. The van der Waals surface area contributed by atoms with Gasteiger partial charge in [0.15, 0.2) is 4.90 Å². The Morgan fingerprint density at radius 3 is 2.44 bits per heavy atom. The number of halogens is 5. The molecule has 0 saturated carbocycles. The predicted octanol–water partition coefficient (Wildman–Crippen LogP) is 3.38. The normalized spacial score (nSPS) is 14.1. The summed E-state index contributed by atoms with van der Waals surface area (Å²) in [5.41, 5.74) is -5.49. The van der Waals surface area contributed by atoms with Gasteiger partial charge in [0.2, 0.25) is 10.0 Å². The fourth-order valence-electron chi connectivity index (χ4n) is 3.13. The molecule has 0 spiro atoms. The first-order valence-electron chi connectivity index (χ1n) is 9.09. The number of nitro benzene ring substituents is 1. The van der Waals surface area contributed by atoms with E-state index >= 15 is 0 Å². The van der Waals surface area contributed by atoms with Crippen molar-refractivity contribution in [3.63, 3.8) is 0 Å². The van der Waals surface area contributed by atoms with E-state index in [1.165, 1.54) is 24.5 Å². The first-order valence-corrected chi connectivity index (χ1v) is 11.3. The molecule has 2 N–H and O–H groups in total. The highest BCUT2D eigenvalue weighted by molar-refractivity contribution is 7.89. The second-order valence-electron chi connectivity index (χ2n) is 6.98. The first kappa shape index (κ1) is 25.8. The number of nitro groups is 1. The highest BCUT2D eigenvalue weighted by Gasteiger charge is 2.43. The molecule has 0 fully saturated rings. The molecular weight excluding hydrogens is 526 g/mol. The number of sulfonamides is 1. The molecule has 3 rings (SSSR count). The van der Waals surface area contributed by atoms with Crippen LogP contribution in [0, 0.1) is 10.1 Å². The van der Waals surface area contributed by atoms with Crippen LogP contribution >= 0.6 is 23.2 Å². The summed E-state index contributed by atoms with van der Waals surface area (Å²) in [6.45, 7) is -1.23. The summed E-state index contributed by atoms with van der Waals surface area (Å²) in [6, 6.07) is 5.76. The molecule has 1 aromatic heterocycles. The summed E-state index contributed by atoms with van der Waals surface area (Å²) in [6.07, 6.45) is -2.81. The van der Waals surface area contributed by atoms with Crippen molar-refractivity contribution in [1.82, 2.24) is 19.5 Å². The Morgan fingerprint density at radius 2 is 1.88 bits per heavy atom. The minimum Gasteiger partial charge on any atom is -0.382 e. The minimum absolute atomic E-state index is 0.00955. The van der Waals surface area contributed by atoms with E-state index in [0.29, 0.717) is 12.1 Å². The van der Waals surface area contributed by atoms with Crippen molar-refractivity contribution in [2.24, 2.45) is 0 Å². The fraction of sp³-hybridized carbons (Fsp3) is 0.222. The maximum Gasteiger partial charge on any atom is 0.423 e. The van der Waals surface area contributed by atoms with Crippen molar-refractivity contribution in [2.45, 2.75) is 23.2 Å². The Bertz CT molecular complexity index is 1320. The Kier molecular flexibility index (Phi) is 7.19. The van der Waals surface area contributed by atoms with Crippen LogP contribution in [0.2, 0.25) is 10.0 Å². The van der Waals surface area contributed by atoms with Crippen LogP contribution in [0.4, 0.5) is 18.9 Å². The second-order valence-corrected chi connectivity index (χ2v) is 9.56. The van der Waals surface area contributed by atoms with E-state index in [2.05, 4.69) is 10.1 Å². The third kappa shape index (κ3) is 5.47. The topological polar surface area (TPSA) is 140 Å². The Morgan fingerprint density at radius 1 is 1.18 bits per heavy atom. The van der Waals surface area contributed by atoms with Crippen molar-refractivity contribution in [1.29, 1.82) is 0 Å². The molecule has 34 heavy (non-hydrogen) atoms. The number of aliphatic hydroxyl groups is 1. The molecular formula is C18H14Cl2F3N5O5S. The smallest absolute Gasteiger partial charge is 0.382 e. The van der Waals surface area contributed by atoms with Gasteiger partial charge in [-0.3, -0.25) is 10.1 Å². The molecule has 0 bridgehead atoms. The lowest BCUT2D eigenvalue weighted by molar-refractivity contribution is -0.391. The lowest BCUT2D eigenvalue weighted by Gasteiger charge is -2.29. The number of alkyl halides is 3. The van der Waals surface area contributed by atoms with E-state index < -0.39 is 49.4 Å². The molecule has 10 nitrogen and oxygen atoms in total. The van der Waals surface area contributed by atoms with Gasteiger partial charge in [-0.1, -0.05) is 35.3 Å². The first-order chi connectivity index (χ1) is 15.7. The van der Waals surface area contributed by atoms with E-state index in [1.807, 2.05) is 4.72 Å². The number of aromatic nitrogens is 3. The summed E-state index contributed by atoms with van der Waals surface area (Å²) in [5.74, 6) is 0. The van der Waals surface area contributed by atoms with Crippen LogP contribution in [0.1, 0.15) is 11.1 Å². The van der Waals surface area contributed by atoms with Crippen molar-refractivity contribution in [2.75, 3.05) is 6.54 Å². The van der Waals surface area contributed by atoms with Crippen LogP contribution in [0.15, 0.2) is 53.9 Å². The van der Waals surface area contributed by atoms with Crippen LogP contribution in [-0.4, -0.2) is 39.8 Å². The van der Waals surface area contributed by atoms with Crippen molar-refractivity contribution >= 4 is 38.9 Å². The lowest BCUT2D eigenvalue weighted by atomic mass is 9.94. The zero-order valence-electron chi connectivity index (χ0n) is 16.7. The summed E-state index contributed by atoms with van der Waals surface area (Å²) in [5, 5.41) is 26.7. The van der Waals surface area contributed by atoms with Gasteiger partial charge in [-0.25, -0.2) is 22.8 Å². The summed E-state index contributed by atoms with van der Waals surface area (Å²) >= 11 is 12.1. The minimum atomic E-state index is -5.18. The SMILES string of the molecule is O=[N+]([O-])c1c(C(F)(F)F)cccc1S(=O)(=O)NCC(O)(Cn1cncn1)c1ccc(Cl)cc1Cl. The van der Waals surface area contributed by atoms with Crippen LogP contribution in [0.25, 0.3) is 0 Å². The number of rotatable bonds is 8. The maximum atomic E-state index is 13.3.